The topological polar surface area (TPSA) is 90.0 Å². The highest BCUT2D eigenvalue weighted by Gasteiger charge is 2.33. The Hall–Kier alpha value is -2.82. The van der Waals surface area contributed by atoms with Crippen LogP contribution in [0.25, 0.3) is 0 Å². The molecular formula is C29H43FN4O4S. The van der Waals surface area contributed by atoms with Gasteiger partial charge in [0, 0.05) is 40.2 Å². The Morgan fingerprint density at radius 2 is 1.64 bits per heavy atom. The number of hydrogen-bond donors (Lipinski definition) is 1. The van der Waals surface area contributed by atoms with Crippen LogP contribution < -0.4 is 5.32 Å². The van der Waals surface area contributed by atoms with Crippen molar-refractivity contribution in [1.29, 1.82) is 0 Å². The highest BCUT2D eigenvalue weighted by atomic mass is 32.2. The van der Waals surface area contributed by atoms with Gasteiger partial charge in [-0.05, 0) is 81.4 Å². The van der Waals surface area contributed by atoms with Crippen molar-refractivity contribution in [2.45, 2.75) is 44.1 Å². The van der Waals surface area contributed by atoms with E-state index in [2.05, 4.69) is 5.32 Å². The first-order valence-electron chi connectivity index (χ1n) is 13.6. The molecule has 2 fully saturated rings. The van der Waals surface area contributed by atoms with Gasteiger partial charge in [0.05, 0.1) is 6.26 Å². The van der Waals surface area contributed by atoms with Crippen LogP contribution in [0.15, 0.2) is 54.6 Å². The molecule has 0 unspecified atom stereocenters. The van der Waals surface area contributed by atoms with E-state index in [1.54, 1.807) is 36.2 Å². The predicted molar refractivity (Wildman–Crippen MR) is 154 cm³/mol. The number of sulfonamides is 1. The van der Waals surface area contributed by atoms with Crippen LogP contribution in [0.2, 0.25) is 0 Å². The van der Waals surface area contributed by atoms with Crippen molar-refractivity contribution in [3.05, 3.63) is 71.5 Å². The Labute approximate surface area is 233 Å². The molecule has 1 aliphatic heterocycles. The van der Waals surface area contributed by atoms with Crippen LogP contribution in [0.3, 0.4) is 0 Å². The second-order valence-corrected chi connectivity index (χ2v) is 12.2. The van der Waals surface area contributed by atoms with Crippen molar-refractivity contribution in [2.75, 3.05) is 53.1 Å². The van der Waals surface area contributed by atoms with E-state index in [9.17, 15) is 22.4 Å². The quantitative estimate of drug-likeness (QED) is 0.447. The SMILES string of the molecule is CNCCCC[C@@H](C(=O)N1CCN(S(C)(=O)=O)CC1)N(C)C(=O)c1ccccc1.Fc1ccc(C2CC2)cc1.[HH]. The zero-order valence-corrected chi connectivity index (χ0v) is 24.0. The van der Waals surface area contributed by atoms with Crippen LogP contribution in [0, 0.1) is 5.82 Å². The molecule has 39 heavy (non-hydrogen) atoms. The third kappa shape index (κ3) is 9.40. The molecule has 1 heterocycles. The molecule has 1 saturated carbocycles. The van der Waals surface area contributed by atoms with Crippen molar-refractivity contribution in [2.24, 2.45) is 0 Å². The van der Waals surface area contributed by atoms with E-state index in [1.807, 2.05) is 25.2 Å². The summed E-state index contributed by atoms with van der Waals surface area (Å²) in [5, 5.41) is 3.09. The van der Waals surface area contributed by atoms with Gasteiger partial charge in [-0.25, -0.2) is 12.8 Å². The lowest BCUT2D eigenvalue weighted by atomic mass is 10.0. The minimum absolute atomic E-state index is 0. The van der Waals surface area contributed by atoms with Crippen molar-refractivity contribution >= 4 is 21.8 Å². The van der Waals surface area contributed by atoms with Crippen molar-refractivity contribution < 1.29 is 23.8 Å². The Morgan fingerprint density at radius 1 is 1.03 bits per heavy atom. The zero-order valence-electron chi connectivity index (χ0n) is 23.2. The summed E-state index contributed by atoms with van der Waals surface area (Å²) >= 11 is 0. The van der Waals surface area contributed by atoms with Crippen molar-refractivity contribution in [3.8, 4) is 0 Å². The Bertz CT molecular complexity index is 1170. The zero-order chi connectivity index (χ0) is 28.4. The van der Waals surface area contributed by atoms with Gasteiger partial charge in [-0.2, -0.15) is 4.31 Å². The first-order valence-corrected chi connectivity index (χ1v) is 15.4. The molecule has 2 aliphatic rings. The number of amides is 2. The van der Waals surface area contributed by atoms with Crippen LogP contribution in [0.4, 0.5) is 4.39 Å². The molecule has 2 aromatic rings. The molecule has 0 radical (unpaired) electrons. The molecule has 0 aromatic heterocycles. The van der Waals surface area contributed by atoms with Crippen LogP contribution >= 0.6 is 0 Å². The lowest BCUT2D eigenvalue weighted by molar-refractivity contribution is -0.137. The molecule has 2 aromatic carbocycles. The van der Waals surface area contributed by atoms with Crippen molar-refractivity contribution in [3.63, 3.8) is 0 Å². The number of nitrogens with one attached hydrogen (secondary N) is 1. The summed E-state index contributed by atoms with van der Waals surface area (Å²) in [5.41, 5.74) is 1.84. The fraction of sp³-hybridized carbons (Fsp3) is 0.517. The summed E-state index contributed by atoms with van der Waals surface area (Å²) in [6, 6.07) is 15.2. The van der Waals surface area contributed by atoms with Gasteiger partial charge in [-0.1, -0.05) is 30.3 Å². The minimum Gasteiger partial charge on any atom is -0.338 e. The van der Waals surface area contributed by atoms with Crippen LogP contribution in [0.5, 0.6) is 0 Å². The van der Waals surface area contributed by atoms with E-state index in [-0.39, 0.29) is 32.1 Å². The van der Waals surface area contributed by atoms with Gasteiger partial charge in [-0.15, -0.1) is 0 Å². The first-order chi connectivity index (χ1) is 18.6. The number of unbranched alkanes of at least 4 members (excludes halogenated alkanes) is 1. The Balaban J connectivity index is 0.000000423. The average Bonchev–Trinajstić information content (AvgIpc) is 3.79. The van der Waals surface area contributed by atoms with Gasteiger partial charge in [0.2, 0.25) is 15.9 Å². The maximum Gasteiger partial charge on any atom is 0.254 e. The molecule has 0 spiro atoms. The Morgan fingerprint density at radius 3 is 2.18 bits per heavy atom. The molecule has 8 nitrogen and oxygen atoms in total. The number of hydrogen-bond acceptors (Lipinski definition) is 5. The monoisotopic (exact) mass is 562 g/mol. The molecule has 10 heteroatoms. The van der Waals surface area contributed by atoms with E-state index in [0.717, 1.165) is 25.3 Å². The van der Waals surface area contributed by atoms with Gasteiger partial charge in [0.25, 0.3) is 5.91 Å². The van der Waals surface area contributed by atoms with Gasteiger partial charge < -0.3 is 15.1 Å². The summed E-state index contributed by atoms with van der Waals surface area (Å²) in [7, 11) is 0.296. The van der Waals surface area contributed by atoms with E-state index in [0.29, 0.717) is 25.1 Å². The minimum atomic E-state index is -3.26. The van der Waals surface area contributed by atoms with Crippen molar-refractivity contribution in [1.82, 2.24) is 19.4 Å². The lowest BCUT2D eigenvalue weighted by Crippen LogP contribution is -2.56. The van der Waals surface area contributed by atoms with E-state index < -0.39 is 16.1 Å². The molecule has 216 valence electrons. The largest absolute Gasteiger partial charge is 0.338 e. The van der Waals surface area contributed by atoms with Gasteiger partial charge in [0.15, 0.2) is 0 Å². The fourth-order valence-corrected chi connectivity index (χ4v) is 5.48. The molecule has 1 N–H and O–H groups in total. The maximum absolute atomic E-state index is 13.2. The number of halogens is 1. The van der Waals surface area contributed by atoms with Gasteiger partial charge in [0.1, 0.15) is 11.9 Å². The van der Waals surface area contributed by atoms with Gasteiger partial charge >= 0.3 is 0 Å². The second-order valence-electron chi connectivity index (χ2n) is 10.2. The predicted octanol–water partition coefficient (Wildman–Crippen LogP) is 3.57. The maximum atomic E-state index is 13.2. The molecule has 1 atom stereocenters. The normalized spacial score (nSPS) is 16.7. The first kappa shape index (κ1) is 30.7. The molecule has 0 bridgehead atoms. The molecule has 4 rings (SSSR count). The second kappa shape index (κ2) is 14.5. The fourth-order valence-electron chi connectivity index (χ4n) is 4.65. The van der Waals surface area contributed by atoms with Gasteiger partial charge in [-0.3, -0.25) is 9.59 Å². The summed E-state index contributed by atoms with van der Waals surface area (Å²) in [5.74, 6) is 0.298. The summed E-state index contributed by atoms with van der Waals surface area (Å²) in [6.45, 7) is 2.10. The number of likely N-dealkylation sites (N-methyl/N-ethyl adjacent to an activating group) is 1. The van der Waals surface area contributed by atoms with E-state index >= 15 is 0 Å². The van der Waals surface area contributed by atoms with E-state index in [1.165, 1.54) is 46.0 Å². The van der Waals surface area contributed by atoms with Crippen LogP contribution in [-0.2, 0) is 14.8 Å². The summed E-state index contributed by atoms with van der Waals surface area (Å²) in [4.78, 5) is 29.4. The molecule has 2 amide bonds. The average molecular weight is 563 g/mol. The number of piperazine rings is 1. The Kier molecular flexibility index (Phi) is 11.4. The molecular weight excluding hydrogens is 519 g/mol. The number of carbonyl (C=O) groups is 2. The standard InChI is InChI=1S/C20H32N4O4S.C9H9F.H2/c1-21-12-8-7-11-18(22(2)19(25)17-9-5-4-6-10-17)20(26)23-13-15-24(16-14-23)29(3,27)28;10-9-5-3-8(4-6-9)7-1-2-7;/h4-6,9-10,18,21H,7-8,11-16H2,1-3H3;3-7H,1-2H2;1H/t18-;;/m0../s1. The number of nitrogens with zero attached hydrogens (tertiary/aromatic N) is 3. The van der Waals surface area contributed by atoms with Crippen LogP contribution in [-0.4, -0.2) is 93.5 Å². The van der Waals surface area contributed by atoms with E-state index in [4.69, 9.17) is 0 Å². The molecule has 1 aliphatic carbocycles. The summed E-state index contributed by atoms with van der Waals surface area (Å²) < 4.78 is 37.2. The summed E-state index contributed by atoms with van der Waals surface area (Å²) in [6.07, 6.45) is 6.04. The third-order valence-electron chi connectivity index (χ3n) is 7.19. The highest BCUT2D eigenvalue weighted by Crippen LogP contribution is 2.39. The number of carbonyl (C=O) groups excluding carboxylic acids is 2. The highest BCUT2D eigenvalue weighted by molar-refractivity contribution is 7.88. The molecule has 1 saturated heterocycles. The lowest BCUT2D eigenvalue weighted by Gasteiger charge is -2.37. The number of rotatable bonds is 10. The number of benzene rings is 2. The smallest absolute Gasteiger partial charge is 0.254 e. The van der Waals surface area contributed by atoms with Crippen LogP contribution in [0.1, 0.15) is 55.4 Å². The third-order valence-corrected chi connectivity index (χ3v) is 8.49.